The molecule has 0 radical (unpaired) electrons. The van der Waals surface area contributed by atoms with Crippen LogP contribution in [0.25, 0.3) is 285 Å². The van der Waals surface area contributed by atoms with Gasteiger partial charge in [-0.25, -0.2) is 15.0 Å². The monoisotopic (exact) mass is 1890 g/mol. The van der Waals surface area contributed by atoms with Crippen molar-refractivity contribution in [3.05, 3.63) is 504 Å². The summed E-state index contributed by atoms with van der Waals surface area (Å²) in [5.41, 5.74) is 31.2. The third-order valence-electron chi connectivity index (χ3n) is 29.8. The fourth-order valence-corrected chi connectivity index (χ4v) is 24.7. The highest BCUT2D eigenvalue weighted by molar-refractivity contribution is 7.26. The van der Waals surface area contributed by atoms with Gasteiger partial charge >= 0.3 is 0 Å². The number of aromatic nitrogens is 9. The lowest BCUT2D eigenvalue weighted by Gasteiger charge is -2.15. The molecule has 0 spiro atoms. The molecule has 32 rings (SSSR count). The molecule has 20 aromatic carbocycles. The lowest BCUT2D eigenvalue weighted by molar-refractivity contribution is 0.666. The maximum absolute atomic E-state index is 6.59. The average Bonchev–Trinajstić information content (AvgIpc) is 1.55. The molecule has 0 aliphatic carbocycles. The van der Waals surface area contributed by atoms with Crippen molar-refractivity contribution in [1.29, 1.82) is 0 Å². The molecule has 0 bridgehead atoms. The van der Waals surface area contributed by atoms with Crippen LogP contribution in [0.3, 0.4) is 0 Å². The Balaban J connectivity index is 0.000000102. The molecular formula is C135H83N9O2S. The molecule has 12 aromatic heterocycles. The second-order valence-corrected chi connectivity index (χ2v) is 38.8. The number of hydrogen-bond donors (Lipinski definition) is 0. The Morgan fingerprint density at radius 3 is 0.844 bits per heavy atom. The van der Waals surface area contributed by atoms with Crippen molar-refractivity contribution in [2.75, 3.05) is 0 Å². The van der Waals surface area contributed by atoms with Crippen LogP contribution < -0.4 is 0 Å². The van der Waals surface area contributed by atoms with Crippen molar-refractivity contribution in [3.8, 4) is 90.5 Å². The second kappa shape index (κ2) is 33.6. The number of fused-ring (bicyclic) bond motifs is 30. The average molecular weight is 1900 g/mol. The van der Waals surface area contributed by atoms with Crippen molar-refractivity contribution < 1.29 is 8.83 Å². The zero-order valence-corrected chi connectivity index (χ0v) is 80.0. The van der Waals surface area contributed by atoms with Crippen molar-refractivity contribution in [3.63, 3.8) is 0 Å². The minimum atomic E-state index is 0.887. The Morgan fingerprint density at radius 2 is 0.449 bits per heavy atom. The van der Waals surface area contributed by atoms with E-state index < -0.39 is 0 Å². The van der Waals surface area contributed by atoms with Crippen molar-refractivity contribution >= 4 is 206 Å². The van der Waals surface area contributed by atoms with Crippen molar-refractivity contribution in [2.45, 2.75) is 0 Å². The molecule has 0 amide bonds. The Bertz CT molecular complexity index is 10600. The zero-order chi connectivity index (χ0) is 96.4. The van der Waals surface area contributed by atoms with E-state index in [1.807, 2.05) is 47.7 Å². The first-order valence-corrected chi connectivity index (χ1v) is 50.7. The van der Waals surface area contributed by atoms with E-state index in [4.69, 9.17) is 23.8 Å². The van der Waals surface area contributed by atoms with Gasteiger partial charge in [-0.1, -0.05) is 358 Å². The van der Waals surface area contributed by atoms with Gasteiger partial charge in [-0.15, -0.1) is 11.3 Å². The van der Waals surface area contributed by atoms with Crippen LogP contribution in [0.5, 0.6) is 0 Å². The summed E-state index contributed by atoms with van der Waals surface area (Å²) in [5, 5.41) is 21.7. The Labute approximate surface area is 845 Å². The SMILES string of the molecule is c1ccc(-c2ccc(-c3ccccc3)c(-n3c4ccccc4c4c5c6ccccc6n(-c6cccc7c6oc6ccccc67)c5ccc43)n2)cc1.c1ccc(-c2ccc(-c3ccccc3)c(-n3c4ccccc4c4c5c6ccccc6n(-c6cccc7c6sc6ccccc67)c5ccc43)n2)cc1.c1ccc(-c2cccc(-n3c4ccccc4c4c5c6ccccc6n(-c6cccc7c6oc6ccccc67)c5ccc43)n2)cc1. The van der Waals surface area contributed by atoms with Crippen LogP contribution in [0.1, 0.15) is 0 Å². The molecule has 147 heavy (non-hydrogen) atoms. The molecule has 686 valence electrons. The van der Waals surface area contributed by atoms with Crippen molar-refractivity contribution in [1.82, 2.24) is 42.4 Å². The number of rotatable bonds is 11. The Kier molecular flexibility index (Phi) is 19.0. The minimum absolute atomic E-state index is 0.887. The Hall–Kier alpha value is -19.5. The van der Waals surface area contributed by atoms with E-state index in [9.17, 15) is 0 Å². The summed E-state index contributed by atoms with van der Waals surface area (Å²) in [6, 6.07) is 179. The van der Waals surface area contributed by atoms with Crippen LogP contribution in [0.15, 0.2) is 512 Å². The van der Waals surface area contributed by atoms with E-state index in [0.29, 0.717) is 0 Å². The predicted octanol–water partition coefficient (Wildman–Crippen LogP) is 36.3. The van der Waals surface area contributed by atoms with Gasteiger partial charge in [0.2, 0.25) is 0 Å². The van der Waals surface area contributed by atoms with Gasteiger partial charge in [-0.3, -0.25) is 13.7 Å². The molecule has 0 saturated carbocycles. The molecular weight excluding hydrogens is 1810 g/mol. The van der Waals surface area contributed by atoms with Crippen molar-refractivity contribution in [2.24, 2.45) is 0 Å². The van der Waals surface area contributed by atoms with Crippen LogP contribution in [-0.2, 0) is 0 Å². The lowest BCUT2D eigenvalue weighted by atomic mass is 10.0. The summed E-state index contributed by atoms with van der Waals surface area (Å²) in [6.07, 6.45) is 0. The number of hydrogen-bond acceptors (Lipinski definition) is 6. The third-order valence-corrected chi connectivity index (χ3v) is 31.0. The second-order valence-electron chi connectivity index (χ2n) is 37.8. The normalized spacial score (nSPS) is 11.9. The number of nitrogens with zero attached hydrogens (tertiary/aromatic N) is 9. The van der Waals surface area contributed by atoms with Gasteiger partial charge in [-0.2, -0.15) is 0 Å². The number of para-hydroxylation sites is 10. The first-order chi connectivity index (χ1) is 73.0. The summed E-state index contributed by atoms with van der Waals surface area (Å²) in [5.74, 6) is 2.73. The van der Waals surface area contributed by atoms with Gasteiger partial charge in [0, 0.05) is 129 Å². The van der Waals surface area contributed by atoms with E-state index in [0.717, 1.165) is 184 Å². The molecule has 0 aliphatic heterocycles. The number of benzene rings is 20. The van der Waals surface area contributed by atoms with E-state index in [1.54, 1.807) is 0 Å². The van der Waals surface area contributed by atoms with Crippen LogP contribution in [0, 0.1) is 0 Å². The lowest BCUT2D eigenvalue weighted by Crippen LogP contribution is -2.02. The molecule has 12 heteroatoms. The molecule has 0 atom stereocenters. The summed E-state index contributed by atoms with van der Waals surface area (Å²) < 4.78 is 30.0. The van der Waals surface area contributed by atoms with E-state index in [1.165, 1.54) is 102 Å². The smallest absolute Gasteiger partial charge is 0.159 e. The van der Waals surface area contributed by atoms with Crippen LogP contribution in [0.2, 0.25) is 0 Å². The number of thiophene rings is 1. The first kappa shape index (κ1) is 83.3. The van der Waals surface area contributed by atoms with Crippen LogP contribution in [-0.4, -0.2) is 42.4 Å². The summed E-state index contributed by atoms with van der Waals surface area (Å²) >= 11 is 1.88. The highest BCUT2D eigenvalue weighted by Gasteiger charge is 2.30. The topological polar surface area (TPSA) is 94.5 Å². The molecule has 12 heterocycles. The standard InChI is InChI=1S/C47H29N3O.C47H29N3S.C41H25N3O/c2*1-3-14-30(15-4-1)32-26-27-37(31-16-5-2-6-17-31)48-47(32)50-39-23-11-8-20-36(39)45-41(50)29-28-40-44(45)35-19-7-10-22-38(35)49(40)42-24-13-21-34-33-18-9-12-25-43(33)51-46(34)42;1-2-12-26(13-3-1)31-18-11-23-38(42-31)44-33-20-8-5-16-30(33)40-35(44)25-24-34-39(40)29-15-4-7-19-32(29)43(34)36-21-10-17-28-27-14-6-9-22-37(27)45-41(28)36/h2*1-29H;1-25H. The number of furan rings is 2. The van der Waals surface area contributed by atoms with Gasteiger partial charge in [0.15, 0.2) is 11.2 Å². The predicted molar refractivity (Wildman–Crippen MR) is 613 cm³/mol. The van der Waals surface area contributed by atoms with Gasteiger partial charge in [0.05, 0.1) is 105 Å². The molecule has 11 nitrogen and oxygen atoms in total. The first-order valence-electron chi connectivity index (χ1n) is 49.9. The zero-order valence-electron chi connectivity index (χ0n) is 79.2. The van der Waals surface area contributed by atoms with Gasteiger partial charge in [0.1, 0.15) is 28.6 Å². The molecule has 0 unspecified atom stereocenters. The molecule has 32 aromatic rings. The maximum Gasteiger partial charge on any atom is 0.159 e. The quantitative estimate of drug-likeness (QED) is 0.129. The largest absolute Gasteiger partial charge is 0.454 e. The van der Waals surface area contributed by atoms with Gasteiger partial charge in [0.25, 0.3) is 0 Å². The highest BCUT2D eigenvalue weighted by Crippen LogP contribution is 2.52. The fraction of sp³-hybridized carbons (Fsp3) is 0. The van der Waals surface area contributed by atoms with E-state index >= 15 is 0 Å². The third kappa shape index (κ3) is 13.0. The molecule has 0 aliphatic rings. The number of pyridine rings is 3. The summed E-state index contributed by atoms with van der Waals surface area (Å²) in [4.78, 5) is 16.1. The maximum atomic E-state index is 6.59. The molecule has 0 saturated heterocycles. The van der Waals surface area contributed by atoms with Gasteiger partial charge < -0.3 is 22.5 Å². The van der Waals surface area contributed by atoms with E-state index in [2.05, 4.69) is 495 Å². The summed E-state index contributed by atoms with van der Waals surface area (Å²) in [7, 11) is 0. The van der Waals surface area contributed by atoms with E-state index in [-0.39, 0.29) is 0 Å². The fourth-order valence-electron chi connectivity index (χ4n) is 23.5. The summed E-state index contributed by atoms with van der Waals surface area (Å²) in [6.45, 7) is 0. The Morgan fingerprint density at radius 1 is 0.170 bits per heavy atom. The minimum Gasteiger partial charge on any atom is -0.454 e. The van der Waals surface area contributed by atoms with Crippen LogP contribution in [0.4, 0.5) is 0 Å². The molecule has 0 fully saturated rings. The molecule has 0 N–H and O–H groups in total. The van der Waals surface area contributed by atoms with Crippen LogP contribution >= 0.6 is 11.3 Å². The van der Waals surface area contributed by atoms with Gasteiger partial charge in [-0.05, 0) is 157 Å². The highest BCUT2D eigenvalue weighted by atomic mass is 32.1.